The van der Waals surface area contributed by atoms with Crippen molar-refractivity contribution in [3.05, 3.63) is 164 Å². The summed E-state index contributed by atoms with van der Waals surface area (Å²) < 4.78 is 8.91. The molecule has 0 N–H and O–H groups in total. The van der Waals surface area contributed by atoms with Crippen molar-refractivity contribution in [2.75, 3.05) is 0 Å². The number of para-hydroxylation sites is 2. The first-order chi connectivity index (χ1) is 22.8. The van der Waals surface area contributed by atoms with E-state index in [4.69, 9.17) is 4.42 Å². The van der Waals surface area contributed by atoms with Gasteiger partial charge in [0.1, 0.15) is 5.58 Å². The number of aromatic nitrogens is 1. The molecule has 0 unspecified atom stereocenters. The molecule has 0 aliphatic carbocycles. The van der Waals surface area contributed by atoms with Crippen LogP contribution < -0.4 is 0 Å². The molecule has 10 rings (SSSR count). The quantitative estimate of drug-likeness (QED) is 0.189. The second-order valence-electron chi connectivity index (χ2n) is 12.0. The standard InChI is InChI=1S/C44H27NO/c1-2-15-30(16-3-1)45-39-24-11-10-22-37(39)43-38-27-29(25-26-40(38)46-44(43)45)41-33-18-6-8-20-35(33)42(36-21-9-7-19-34(36)41)32-23-12-14-28-13-4-5-17-31(28)32/h1-27H. The maximum atomic E-state index is 6.67. The predicted molar refractivity (Wildman–Crippen MR) is 194 cm³/mol. The average Bonchev–Trinajstić information content (AvgIpc) is 3.65. The first kappa shape index (κ1) is 25.2. The van der Waals surface area contributed by atoms with Gasteiger partial charge >= 0.3 is 0 Å². The third kappa shape index (κ3) is 3.53. The highest BCUT2D eigenvalue weighted by molar-refractivity contribution is 6.25. The Balaban J connectivity index is 1.30. The fraction of sp³-hybridized carbons (Fsp3) is 0. The summed E-state index contributed by atoms with van der Waals surface area (Å²) in [5.74, 6) is 0. The van der Waals surface area contributed by atoms with E-state index in [1.165, 1.54) is 60.0 Å². The Morgan fingerprint density at radius 3 is 1.74 bits per heavy atom. The van der Waals surface area contributed by atoms with Crippen molar-refractivity contribution in [1.82, 2.24) is 4.57 Å². The van der Waals surface area contributed by atoms with E-state index < -0.39 is 0 Å². The zero-order chi connectivity index (χ0) is 30.2. The molecule has 2 nitrogen and oxygen atoms in total. The molecular weight excluding hydrogens is 558 g/mol. The SMILES string of the molecule is c1ccc(-n2c3ccccc3c3c4cc(-c5c6ccccc6c(-c6cccc7ccccc67)c6ccccc56)ccc4oc32)cc1. The fourth-order valence-electron chi connectivity index (χ4n) is 7.65. The maximum absolute atomic E-state index is 6.67. The highest BCUT2D eigenvalue weighted by Crippen LogP contribution is 2.47. The molecule has 10 aromatic rings. The molecule has 0 spiro atoms. The normalized spacial score (nSPS) is 11.9. The Bertz CT molecular complexity index is 2740. The third-order valence-corrected chi connectivity index (χ3v) is 9.58. The molecule has 0 radical (unpaired) electrons. The lowest BCUT2D eigenvalue weighted by atomic mass is 9.84. The second kappa shape index (κ2) is 9.69. The Kier molecular flexibility index (Phi) is 5.31. The number of nitrogens with zero attached hydrogens (tertiary/aromatic N) is 1. The lowest BCUT2D eigenvalue weighted by Crippen LogP contribution is -1.92. The molecule has 8 aromatic carbocycles. The van der Waals surface area contributed by atoms with Crippen LogP contribution in [0.1, 0.15) is 0 Å². The number of hydrogen-bond acceptors (Lipinski definition) is 1. The van der Waals surface area contributed by atoms with Gasteiger partial charge in [0, 0.05) is 16.5 Å². The molecule has 214 valence electrons. The summed E-state index contributed by atoms with van der Waals surface area (Å²) in [5, 5.41) is 11.0. The van der Waals surface area contributed by atoms with Crippen molar-refractivity contribution >= 4 is 65.3 Å². The number of hydrogen-bond donors (Lipinski definition) is 0. The molecule has 0 bridgehead atoms. The van der Waals surface area contributed by atoms with Crippen molar-refractivity contribution < 1.29 is 4.42 Å². The molecule has 0 fully saturated rings. The first-order valence-electron chi connectivity index (χ1n) is 15.8. The van der Waals surface area contributed by atoms with Crippen LogP contribution in [0.3, 0.4) is 0 Å². The van der Waals surface area contributed by atoms with Crippen molar-refractivity contribution in [3.63, 3.8) is 0 Å². The molecule has 2 heteroatoms. The minimum Gasteiger partial charge on any atom is -0.439 e. The fourth-order valence-corrected chi connectivity index (χ4v) is 7.65. The summed E-state index contributed by atoms with van der Waals surface area (Å²) in [6.07, 6.45) is 0. The van der Waals surface area contributed by atoms with Crippen LogP contribution in [0, 0.1) is 0 Å². The molecule has 46 heavy (non-hydrogen) atoms. The molecule has 2 aromatic heterocycles. The van der Waals surface area contributed by atoms with E-state index in [0.717, 1.165) is 33.3 Å². The zero-order valence-electron chi connectivity index (χ0n) is 24.9. The Morgan fingerprint density at radius 1 is 0.413 bits per heavy atom. The molecule has 0 aliphatic rings. The number of fused-ring (bicyclic) bond motifs is 8. The van der Waals surface area contributed by atoms with Crippen LogP contribution in [0.25, 0.3) is 93.2 Å². The largest absolute Gasteiger partial charge is 0.439 e. The van der Waals surface area contributed by atoms with Crippen LogP contribution in [-0.2, 0) is 0 Å². The van der Waals surface area contributed by atoms with E-state index in [1.54, 1.807) is 0 Å². The molecular formula is C44H27NO. The summed E-state index contributed by atoms with van der Waals surface area (Å²) in [5.41, 5.74) is 8.98. The lowest BCUT2D eigenvalue weighted by Gasteiger charge is -2.18. The van der Waals surface area contributed by atoms with Gasteiger partial charge in [0.2, 0.25) is 5.71 Å². The van der Waals surface area contributed by atoms with E-state index in [-0.39, 0.29) is 0 Å². The highest BCUT2D eigenvalue weighted by atomic mass is 16.3. The Morgan fingerprint density at radius 2 is 1.00 bits per heavy atom. The van der Waals surface area contributed by atoms with E-state index in [2.05, 4.69) is 168 Å². The number of benzene rings is 8. The van der Waals surface area contributed by atoms with Crippen LogP contribution >= 0.6 is 0 Å². The summed E-state index contributed by atoms with van der Waals surface area (Å²) in [4.78, 5) is 0. The smallest absolute Gasteiger partial charge is 0.213 e. The van der Waals surface area contributed by atoms with Gasteiger partial charge in [0.05, 0.1) is 10.9 Å². The van der Waals surface area contributed by atoms with Crippen LogP contribution in [-0.4, -0.2) is 4.57 Å². The van der Waals surface area contributed by atoms with Crippen molar-refractivity contribution in [3.8, 4) is 27.9 Å². The van der Waals surface area contributed by atoms with Crippen LogP contribution in [0.5, 0.6) is 0 Å². The van der Waals surface area contributed by atoms with Crippen molar-refractivity contribution in [2.24, 2.45) is 0 Å². The molecule has 0 saturated carbocycles. The minimum absolute atomic E-state index is 0.876. The van der Waals surface area contributed by atoms with E-state index >= 15 is 0 Å². The van der Waals surface area contributed by atoms with E-state index in [1.807, 2.05) is 0 Å². The van der Waals surface area contributed by atoms with Crippen molar-refractivity contribution in [1.29, 1.82) is 0 Å². The van der Waals surface area contributed by atoms with Gasteiger partial charge in [-0.25, -0.2) is 0 Å². The summed E-state index contributed by atoms with van der Waals surface area (Å²) in [6.45, 7) is 0. The van der Waals surface area contributed by atoms with Crippen molar-refractivity contribution in [2.45, 2.75) is 0 Å². The predicted octanol–water partition coefficient (Wildman–Crippen LogP) is 12.3. The van der Waals surface area contributed by atoms with E-state index in [9.17, 15) is 0 Å². The van der Waals surface area contributed by atoms with Gasteiger partial charge in [-0.2, -0.15) is 0 Å². The summed E-state index contributed by atoms with van der Waals surface area (Å²) in [7, 11) is 0. The van der Waals surface area contributed by atoms with E-state index in [0.29, 0.717) is 0 Å². The van der Waals surface area contributed by atoms with Gasteiger partial charge < -0.3 is 4.42 Å². The monoisotopic (exact) mass is 585 g/mol. The number of furan rings is 1. The molecule has 0 atom stereocenters. The molecule has 0 aliphatic heterocycles. The first-order valence-corrected chi connectivity index (χ1v) is 15.8. The van der Waals surface area contributed by atoms with Gasteiger partial charge in [-0.3, -0.25) is 4.57 Å². The van der Waals surface area contributed by atoms with Crippen LogP contribution in [0.15, 0.2) is 168 Å². The van der Waals surface area contributed by atoms with Gasteiger partial charge in [0.15, 0.2) is 0 Å². The molecule has 0 amide bonds. The van der Waals surface area contributed by atoms with Gasteiger partial charge in [-0.05, 0) is 84.9 Å². The molecule has 2 heterocycles. The minimum atomic E-state index is 0.876. The second-order valence-corrected chi connectivity index (χ2v) is 12.0. The summed E-state index contributed by atoms with van der Waals surface area (Å²) in [6, 6.07) is 58.9. The maximum Gasteiger partial charge on any atom is 0.213 e. The summed E-state index contributed by atoms with van der Waals surface area (Å²) >= 11 is 0. The Labute approximate surface area is 265 Å². The van der Waals surface area contributed by atoms with Gasteiger partial charge in [-0.1, -0.05) is 133 Å². The van der Waals surface area contributed by atoms with Gasteiger partial charge in [0.25, 0.3) is 0 Å². The van der Waals surface area contributed by atoms with Crippen LogP contribution in [0.2, 0.25) is 0 Å². The lowest BCUT2D eigenvalue weighted by molar-refractivity contribution is 0.645. The number of rotatable bonds is 3. The topological polar surface area (TPSA) is 18.1 Å². The average molecular weight is 586 g/mol. The highest BCUT2D eigenvalue weighted by Gasteiger charge is 2.22. The molecule has 0 saturated heterocycles. The third-order valence-electron chi connectivity index (χ3n) is 9.58. The Hall–Kier alpha value is -6.12. The van der Waals surface area contributed by atoms with Crippen LogP contribution in [0.4, 0.5) is 0 Å². The van der Waals surface area contributed by atoms with Gasteiger partial charge in [-0.15, -0.1) is 0 Å². The zero-order valence-corrected chi connectivity index (χ0v) is 24.9.